The summed E-state index contributed by atoms with van der Waals surface area (Å²) in [6.45, 7) is 9.68. The first-order chi connectivity index (χ1) is 17.7. The van der Waals surface area contributed by atoms with Gasteiger partial charge in [-0.2, -0.15) is 4.98 Å². The molecule has 0 radical (unpaired) electrons. The van der Waals surface area contributed by atoms with Gasteiger partial charge in [0.1, 0.15) is 11.6 Å². The number of fused-ring (bicyclic) bond motifs is 1. The van der Waals surface area contributed by atoms with Crippen molar-refractivity contribution in [3.8, 4) is 5.75 Å². The van der Waals surface area contributed by atoms with Crippen molar-refractivity contribution in [3.05, 3.63) is 45.8 Å². The zero-order chi connectivity index (χ0) is 26.3. The molecule has 10 heteroatoms. The highest BCUT2D eigenvalue weighted by Gasteiger charge is 2.47. The topological polar surface area (TPSA) is 92.6 Å². The first-order valence-electron chi connectivity index (χ1n) is 12.7. The van der Waals surface area contributed by atoms with Gasteiger partial charge in [0.25, 0.3) is 5.56 Å². The van der Waals surface area contributed by atoms with E-state index in [1.807, 2.05) is 32.0 Å². The average Bonchev–Trinajstić information content (AvgIpc) is 3.25. The van der Waals surface area contributed by atoms with E-state index in [-0.39, 0.29) is 29.7 Å². The van der Waals surface area contributed by atoms with Gasteiger partial charge in [0.05, 0.1) is 11.7 Å². The van der Waals surface area contributed by atoms with E-state index in [0.717, 1.165) is 42.8 Å². The molecular formula is C27H33ClN6O3. The molecule has 9 nitrogen and oxygen atoms in total. The van der Waals surface area contributed by atoms with Crippen LogP contribution < -0.4 is 20.5 Å². The van der Waals surface area contributed by atoms with Crippen molar-refractivity contribution < 1.29 is 9.53 Å². The van der Waals surface area contributed by atoms with E-state index in [1.54, 1.807) is 23.8 Å². The summed E-state index contributed by atoms with van der Waals surface area (Å²) in [5.74, 6) is 1.29. The number of ether oxygens (including phenoxy) is 1. The van der Waals surface area contributed by atoms with Gasteiger partial charge >= 0.3 is 0 Å². The smallest absolute Gasteiger partial charge is 0.293 e. The molecule has 37 heavy (non-hydrogen) atoms. The summed E-state index contributed by atoms with van der Waals surface area (Å²) >= 11 is 6.46. The van der Waals surface area contributed by atoms with Crippen LogP contribution in [0, 0.1) is 5.41 Å². The van der Waals surface area contributed by atoms with Gasteiger partial charge in [0.15, 0.2) is 17.4 Å². The van der Waals surface area contributed by atoms with Crippen molar-refractivity contribution in [1.82, 2.24) is 19.4 Å². The van der Waals surface area contributed by atoms with Gasteiger partial charge < -0.3 is 24.4 Å². The van der Waals surface area contributed by atoms with Crippen LogP contribution in [0.2, 0.25) is 5.02 Å². The molecule has 0 atom stereocenters. The number of rotatable bonds is 8. The minimum atomic E-state index is -0.253. The number of Topliss-reactive ketones (excluding diaryl/α,β-unsaturated/α-hetero) is 1. The third kappa shape index (κ3) is 5.02. The van der Waals surface area contributed by atoms with Crippen LogP contribution in [-0.2, 0) is 4.79 Å². The largest absolute Gasteiger partial charge is 0.480 e. The van der Waals surface area contributed by atoms with Crippen LogP contribution in [0.5, 0.6) is 5.75 Å². The zero-order valence-corrected chi connectivity index (χ0v) is 22.5. The number of likely N-dealkylation sites (tertiary alicyclic amines) is 1. The second-order valence-electron chi connectivity index (χ2n) is 10.6. The number of benzene rings is 1. The van der Waals surface area contributed by atoms with Crippen molar-refractivity contribution in [2.45, 2.75) is 39.7 Å². The molecule has 0 unspecified atom stereocenters. The normalized spacial score (nSPS) is 17.0. The molecule has 2 aromatic heterocycles. The molecule has 0 bridgehead atoms. The van der Waals surface area contributed by atoms with Gasteiger partial charge in [-0.05, 0) is 58.1 Å². The first kappa shape index (κ1) is 25.5. The average molecular weight is 525 g/mol. The van der Waals surface area contributed by atoms with Crippen molar-refractivity contribution >= 4 is 45.7 Å². The second-order valence-corrected chi connectivity index (χ2v) is 11.0. The van der Waals surface area contributed by atoms with Crippen LogP contribution in [0.25, 0.3) is 10.9 Å². The summed E-state index contributed by atoms with van der Waals surface area (Å²) in [5.41, 5.74) is 1.64. The Kier molecular flexibility index (Phi) is 6.85. The molecule has 4 heterocycles. The molecule has 0 saturated carbocycles. The fourth-order valence-corrected chi connectivity index (χ4v) is 5.47. The van der Waals surface area contributed by atoms with Crippen LogP contribution in [-0.4, -0.2) is 65.1 Å². The number of aromatic nitrogens is 3. The van der Waals surface area contributed by atoms with Gasteiger partial charge in [-0.3, -0.25) is 9.59 Å². The molecule has 2 aliphatic heterocycles. The van der Waals surface area contributed by atoms with E-state index in [2.05, 4.69) is 27.1 Å². The Balaban J connectivity index is 1.41. The number of halogens is 1. The number of pyridine rings is 1. The quantitative estimate of drug-likeness (QED) is 0.467. The number of nitrogens with zero attached hydrogens (tertiary/aromatic N) is 5. The lowest BCUT2D eigenvalue weighted by atomic mass is 9.79. The van der Waals surface area contributed by atoms with E-state index < -0.39 is 0 Å². The van der Waals surface area contributed by atoms with Crippen LogP contribution in [0.4, 0.5) is 17.5 Å². The highest BCUT2D eigenvalue weighted by Crippen LogP contribution is 2.41. The maximum atomic E-state index is 13.1. The summed E-state index contributed by atoms with van der Waals surface area (Å²) in [4.78, 5) is 38.6. The van der Waals surface area contributed by atoms with E-state index in [0.29, 0.717) is 28.6 Å². The third-order valence-electron chi connectivity index (χ3n) is 7.26. The van der Waals surface area contributed by atoms with Gasteiger partial charge in [0.2, 0.25) is 5.95 Å². The molecule has 3 aromatic rings. The van der Waals surface area contributed by atoms with Crippen LogP contribution in [0.3, 0.4) is 0 Å². The van der Waals surface area contributed by atoms with E-state index >= 15 is 0 Å². The molecule has 0 amide bonds. The van der Waals surface area contributed by atoms with Gasteiger partial charge in [0, 0.05) is 48.6 Å². The number of hydrogen-bond acceptors (Lipinski definition) is 8. The van der Waals surface area contributed by atoms with E-state index in [4.69, 9.17) is 21.3 Å². The van der Waals surface area contributed by atoms with Crippen molar-refractivity contribution in [1.29, 1.82) is 0 Å². The van der Waals surface area contributed by atoms with Crippen LogP contribution >= 0.6 is 11.6 Å². The predicted octanol–water partition coefficient (Wildman–Crippen LogP) is 4.27. The number of anilines is 3. The summed E-state index contributed by atoms with van der Waals surface area (Å²) in [5, 5.41) is 4.55. The number of nitrogens with one attached hydrogen (secondary N) is 1. The second kappa shape index (κ2) is 9.95. The predicted molar refractivity (Wildman–Crippen MR) is 146 cm³/mol. The number of carbonyl (C=O) groups is 1. The van der Waals surface area contributed by atoms with E-state index in [9.17, 15) is 9.59 Å². The summed E-state index contributed by atoms with van der Waals surface area (Å²) in [6, 6.07) is 7.32. The summed E-state index contributed by atoms with van der Waals surface area (Å²) in [7, 11) is 2.17. The fourth-order valence-electron chi connectivity index (χ4n) is 5.33. The Morgan fingerprint density at radius 3 is 2.70 bits per heavy atom. The molecule has 196 valence electrons. The molecular weight excluding hydrogens is 492 g/mol. The number of hydrogen-bond donors (Lipinski definition) is 1. The molecule has 1 N–H and O–H groups in total. The third-order valence-corrected chi connectivity index (χ3v) is 7.54. The molecule has 2 saturated heterocycles. The van der Waals surface area contributed by atoms with Crippen LogP contribution in [0.1, 0.15) is 39.7 Å². The van der Waals surface area contributed by atoms with Gasteiger partial charge in [-0.15, -0.1) is 0 Å². The lowest BCUT2D eigenvalue weighted by Gasteiger charge is -2.48. The Morgan fingerprint density at radius 1 is 1.24 bits per heavy atom. The summed E-state index contributed by atoms with van der Waals surface area (Å²) < 4.78 is 7.30. The monoisotopic (exact) mass is 524 g/mol. The highest BCUT2D eigenvalue weighted by atomic mass is 35.5. The Bertz CT molecular complexity index is 1400. The molecule has 5 rings (SSSR count). The Labute approximate surface area is 221 Å². The lowest BCUT2D eigenvalue weighted by molar-refractivity contribution is -0.120. The van der Waals surface area contributed by atoms with E-state index in [1.165, 1.54) is 6.42 Å². The minimum Gasteiger partial charge on any atom is -0.480 e. The first-order valence-corrected chi connectivity index (χ1v) is 13.1. The molecule has 0 aliphatic carbocycles. The highest BCUT2D eigenvalue weighted by molar-refractivity contribution is 6.32. The SMILES string of the molecule is CCC(=O)COc1cc2cc(Nc3nc(N4CC5(CCN(C)C5)C4)ncc3Cl)ccc2n(C(C)C)c1=O. The summed E-state index contributed by atoms with van der Waals surface area (Å²) in [6.07, 6.45) is 3.19. The number of ketones is 1. The van der Waals surface area contributed by atoms with Crippen molar-refractivity contribution in [2.75, 3.05) is 50.1 Å². The van der Waals surface area contributed by atoms with Gasteiger partial charge in [-0.1, -0.05) is 18.5 Å². The van der Waals surface area contributed by atoms with Gasteiger partial charge in [-0.25, -0.2) is 4.98 Å². The maximum absolute atomic E-state index is 13.1. The molecule has 1 aromatic carbocycles. The Morgan fingerprint density at radius 2 is 2.03 bits per heavy atom. The maximum Gasteiger partial charge on any atom is 0.293 e. The molecule has 2 aliphatic rings. The molecule has 1 spiro atoms. The zero-order valence-electron chi connectivity index (χ0n) is 21.8. The van der Waals surface area contributed by atoms with Crippen LogP contribution in [0.15, 0.2) is 35.3 Å². The lowest BCUT2D eigenvalue weighted by Crippen LogP contribution is -2.58. The number of carbonyl (C=O) groups excluding carboxylic acids is 1. The standard InChI is InChI=1S/C27H33ClN6O3/c1-5-20(35)13-37-23-11-18-10-19(6-7-22(18)34(17(2)3)25(23)36)30-24-21(28)12-29-26(31-24)33-15-27(16-33)8-9-32(4)14-27/h6-7,10-12,17H,5,8-9,13-16H2,1-4H3,(H,29,30,31). The van der Waals surface area contributed by atoms with Crippen molar-refractivity contribution in [3.63, 3.8) is 0 Å². The van der Waals surface area contributed by atoms with Crippen molar-refractivity contribution in [2.24, 2.45) is 5.41 Å². The minimum absolute atomic E-state index is 0.0618. The Hall–Kier alpha value is -3.17. The fraction of sp³-hybridized carbons (Fsp3) is 0.481. The molecule has 2 fully saturated rings.